The van der Waals surface area contributed by atoms with E-state index in [2.05, 4.69) is 4.72 Å². The van der Waals surface area contributed by atoms with Crippen LogP contribution in [0.2, 0.25) is 0 Å². The molecule has 0 unspecified atom stereocenters. The highest BCUT2D eigenvalue weighted by atomic mass is 32.2. The molecule has 0 amide bonds. The number of hydrogen-bond acceptors (Lipinski definition) is 5. The van der Waals surface area contributed by atoms with Gasteiger partial charge >= 0.3 is 0 Å². The average Bonchev–Trinajstić information content (AvgIpc) is 2.42. The first kappa shape index (κ1) is 18.4. The first-order valence-corrected chi connectivity index (χ1v) is 9.52. The van der Waals surface area contributed by atoms with Crippen molar-refractivity contribution in [1.29, 1.82) is 5.26 Å². The lowest BCUT2D eigenvalue weighted by Gasteiger charge is -2.23. The van der Waals surface area contributed by atoms with Gasteiger partial charge in [0.2, 0.25) is 10.0 Å². The second-order valence-corrected chi connectivity index (χ2v) is 8.52. The van der Waals surface area contributed by atoms with Crippen molar-refractivity contribution in [2.24, 2.45) is 0 Å². The minimum atomic E-state index is -3.65. The molecule has 1 N–H and O–H groups in total. The van der Waals surface area contributed by atoms with Crippen LogP contribution in [0, 0.1) is 11.3 Å². The molecular formula is C12H18N4O4S2. The topological polar surface area (TPSA) is 111 Å². The molecule has 0 fully saturated rings. The van der Waals surface area contributed by atoms with E-state index in [1.807, 2.05) is 6.07 Å². The van der Waals surface area contributed by atoms with Crippen molar-refractivity contribution in [2.45, 2.75) is 0 Å². The highest BCUT2D eigenvalue weighted by Crippen LogP contribution is 2.21. The first-order valence-electron chi connectivity index (χ1n) is 6.23. The number of rotatable bonds is 7. The van der Waals surface area contributed by atoms with Crippen LogP contribution in [0.25, 0.3) is 0 Å². The van der Waals surface area contributed by atoms with E-state index in [9.17, 15) is 16.8 Å². The van der Waals surface area contributed by atoms with E-state index in [0.29, 0.717) is 0 Å². The van der Waals surface area contributed by atoms with Crippen LogP contribution in [0.15, 0.2) is 24.3 Å². The van der Waals surface area contributed by atoms with Gasteiger partial charge in [0.25, 0.3) is 10.2 Å². The molecule has 22 heavy (non-hydrogen) atoms. The van der Waals surface area contributed by atoms with Crippen LogP contribution >= 0.6 is 0 Å². The minimum Gasteiger partial charge on any atom is -0.268 e. The van der Waals surface area contributed by atoms with Crippen LogP contribution in [0.1, 0.15) is 5.56 Å². The third-order valence-corrected chi connectivity index (χ3v) is 5.48. The van der Waals surface area contributed by atoms with Crippen molar-refractivity contribution in [2.75, 3.05) is 37.7 Å². The monoisotopic (exact) mass is 346 g/mol. The Bertz CT molecular complexity index is 767. The van der Waals surface area contributed by atoms with Crippen LogP contribution in [-0.4, -0.2) is 54.6 Å². The quantitative estimate of drug-likeness (QED) is 0.730. The standard InChI is InChI=1S/C12H18N4O4S2/c1-15(2)22(19,20)14-8-9-16(21(3,17)18)12-7-5-4-6-11(12)10-13/h4-7,14H,8-9H2,1-3H3. The van der Waals surface area contributed by atoms with E-state index < -0.39 is 20.2 Å². The summed E-state index contributed by atoms with van der Waals surface area (Å²) in [6.07, 6.45) is 1.00. The average molecular weight is 346 g/mol. The van der Waals surface area contributed by atoms with Gasteiger partial charge in [-0.2, -0.15) is 18.0 Å². The molecule has 0 aromatic heterocycles. The molecule has 0 spiro atoms. The van der Waals surface area contributed by atoms with Gasteiger partial charge in [0.1, 0.15) is 6.07 Å². The minimum absolute atomic E-state index is 0.118. The molecule has 0 saturated carbocycles. The summed E-state index contributed by atoms with van der Waals surface area (Å²) < 4.78 is 51.3. The summed E-state index contributed by atoms with van der Waals surface area (Å²) in [5.74, 6) is 0. The van der Waals surface area contributed by atoms with Crippen LogP contribution in [0.3, 0.4) is 0 Å². The molecule has 0 atom stereocenters. The van der Waals surface area contributed by atoms with Gasteiger partial charge in [0, 0.05) is 27.2 Å². The number of anilines is 1. The van der Waals surface area contributed by atoms with Crippen molar-refractivity contribution < 1.29 is 16.8 Å². The van der Waals surface area contributed by atoms with Crippen molar-refractivity contribution in [1.82, 2.24) is 9.03 Å². The Hall–Kier alpha value is -1.67. The molecule has 0 aliphatic carbocycles. The molecule has 8 nitrogen and oxygen atoms in total. The van der Waals surface area contributed by atoms with Crippen molar-refractivity contribution in [3.8, 4) is 6.07 Å². The SMILES string of the molecule is CN(C)S(=O)(=O)NCCN(c1ccccc1C#N)S(C)(=O)=O. The number of nitriles is 1. The molecular weight excluding hydrogens is 328 g/mol. The first-order chi connectivity index (χ1) is 10.1. The Morgan fingerprint density at radius 2 is 1.77 bits per heavy atom. The largest absolute Gasteiger partial charge is 0.278 e. The lowest BCUT2D eigenvalue weighted by Crippen LogP contribution is -2.42. The smallest absolute Gasteiger partial charge is 0.268 e. The maximum Gasteiger partial charge on any atom is 0.278 e. The van der Waals surface area contributed by atoms with E-state index in [0.717, 1.165) is 14.9 Å². The third kappa shape index (κ3) is 4.67. The molecule has 10 heteroatoms. The summed E-state index contributed by atoms with van der Waals surface area (Å²) in [6, 6.07) is 8.15. The van der Waals surface area contributed by atoms with Crippen LogP contribution in [0.4, 0.5) is 5.69 Å². The lowest BCUT2D eigenvalue weighted by molar-refractivity contribution is 0.506. The van der Waals surface area contributed by atoms with Gasteiger partial charge < -0.3 is 0 Å². The Labute approximate surface area is 131 Å². The number of hydrogen-bond donors (Lipinski definition) is 1. The maximum atomic E-state index is 11.9. The Morgan fingerprint density at radius 3 is 2.27 bits per heavy atom. The molecule has 0 saturated heterocycles. The summed E-state index contributed by atoms with van der Waals surface area (Å²) in [5, 5.41) is 9.07. The molecule has 1 rings (SSSR count). The van der Waals surface area contributed by atoms with Gasteiger partial charge in [-0.15, -0.1) is 0 Å². The summed E-state index contributed by atoms with van der Waals surface area (Å²) in [6.45, 7) is -0.238. The summed E-state index contributed by atoms with van der Waals surface area (Å²) in [4.78, 5) is 0. The number of para-hydroxylation sites is 1. The Morgan fingerprint density at radius 1 is 1.18 bits per heavy atom. The predicted octanol–water partition coefficient (Wildman–Crippen LogP) is -0.280. The molecule has 0 radical (unpaired) electrons. The molecule has 0 heterocycles. The fourth-order valence-electron chi connectivity index (χ4n) is 1.66. The van der Waals surface area contributed by atoms with Crippen molar-refractivity contribution in [3.05, 3.63) is 29.8 Å². The number of nitrogens with one attached hydrogen (secondary N) is 1. The predicted molar refractivity (Wildman–Crippen MR) is 84.0 cm³/mol. The summed E-state index contributed by atoms with van der Waals surface area (Å²) >= 11 is 0. The van der Waals surface area contributed by atoms with Gasteiger partial charge in [-0.05, 0) is 12.1 Å². The molecule has 0 aliphatic rings. The second-order valence-electron chi connectivity index (χ2n) is 4.65. The van der Waals surface area contributed by atoms with Gasteiger partial charge in [0.05, 0.1) is 17.5 Å². The molecule has 122 valence electrons. The van der Waals surface area contributed by atoms with Crippen LogP contribution in [0.5, 0.6) is 0 Å². The van der Waals surface area contributed by atoms with Crippen molar-refractivity contribution >= 4 is 25.9 Å². The lowest BCUT2D eigenvalue weighted by atomic mass is 10.2. The second kappa shape index (κ2) is 7.06. The van der Waals surface area contributed by atoms with E-state index in [-0.39, 0.29) is 24.3 Å². The molecule has 0 bridgehead atoms. The number of benzene rings is 1. The van der Waals surface area contributed by atoms with Crippen LogP contribution < -0.4 is 9.03 Å². The molecule has 1 aromatic carbocycles. The van der Waals surface area contributed by atoms with E-state index in [4.69, 9.17) is 5.26 Å². The fourth-order valence-corrected chi connectivity index (χ4v) is 3.20. The summed E-state index contributed by atoms with van der Waals surface area (Å²) in [7, 11) is -4.57. The van der Waals surface area contributed by atoms with Gasteiger partial charge in [0.15, 0.2) is 0 Å². The normalized spacial score (nSPS) is 12.1. The summed E-state index contributed by atoms with van der Waals surface area (Å²) in [5.41, 5.74) is 0.417. The highest BCUT2D eigenvalue weighted by Gasteiger charge is 2.21. The van der Waals surface area contributed by atoms with E-state index >= 15 is 0 Å². The van der Waals surface area contributed by atoms with Gasteiger partial charge in [-0.1, -0.05) is 12.1 Å². The van der Waals surface area contributed by atoms with Gasteiger partial charge in [-0.3, -0.25) is 4.31 Å². The Kier molecular flexibility index (Phi) is 5.90. The maximum absolute atomic E-state index is 11.9. The zero-order valence-corrected chi connectivity index (χ0v) is 14.1. The molecule has 1 aromatic rings. The third-order valence-electron chi connectivity index (χ3n) is 2.77. The zero-order valence-electron chi connectivity index (χ0n) is 12.5. The Balaban J connectivity index is 3.01. The van der Waals surface area contributed by atoms with E-state index in [1.54, 1.807) is 12.1 Å². The number of nitrogens with zero attached hydrogens (tertiary/aromatic N) is 3. The zero-order chi connectivity index (χ0) is 17.0. The number of sulfonamides is 1. The highest BCUT2D eigenvalue weighted by molar-refractivity contribution is 7.92. The molecule has 0 aliphatic heterocycles. The van der Waals surface area contributed by atoms with E-state index in [1.165, 1.54) is 26.2 Å². The van der Waals surface area contributed by atoms with Gasteiger partial charge in [-0.25, -0.2) is 13.1 Å². The van der Waals surface area contributed by atoms with Crippen LogP contribution in [-0.2, 0) is 20.2 Å². The fraction of sp³-hybridized carbons (Fsp3) is 0.417. The van der Waals surface area contributed by atoms with Crippen molar-refractivity contribution in [3.63, 3.8) is 0 Å².